The third kappa shape index (κ3) is 2.05. The topological polar surface area (TPSA) is 57.4 Å². The van der Waals surface area contributed by atoms with Crippen molar-refractivity contribution in [1.29, 1.82) is 0 Å². The maximum Gasteiger partial charge on any atom is 0.120 e. The van der Waals surface area contributed by atoms with E-state index in [-0.39, 0.29) is 5.41 Å². The number of aryl methyl sites for hydroxylation is 2. The quantitative estimate of drug-likeness (QED) is 0.577. The molecule has 0 bridgehead atoms. The molecule has 0 aliphatic heterocycles. The molecule has 4 nitrogen and oxygen atoms in total. The van der Waals surface area contributed by atoms with Crippen LogP contribution in [0.25, 0.3) is 22.1 Å². The molecule has 2 aromatic heterocycles. The molecule has 4 aromatic rings. The van der Waals surface area contributed by atoms with E-state index < -0.39 is 0 Å². The van der Waals surface area contributed by atoms with Gasteiger partial charge in [-0.3, -0.25) is 0 Å². The first-order valence-corrected chi connectivity index (χ1v) is 7.88. The number of aromatic nitrogens is 4. The summed E-state index contributed by atoms with van der Waals surface area (Å²) in [5.41, 5.74) is 6.24. The Kier molecular flexibility index (Phi) is 2.85. The van der Waals surface area contributed by atoms with E-state index >= 15 is 0 Å². The maximum absolute atomic E-state index is 4.84. The highest BCUT2D eigenvalue weighted by molar-refractivity contribution is 5.80. The fraction of sp³-hybridized carbons (Fsp3) is 0.263. The Morgan fingerprint density at radius 1 is 0.739 bits per heavy atom. The van der Waals surface area contributed by atoms with Crippen molar-refractivity contribution >= 4 is 22.1 Å². The lowest BCUT2D eigenvalue weighted by Crippen LogP contribution is -2.22. The average molecular weight is 304 g/mol. The van der Waals surface area contributed by atoms with Gasteiger partial charge in [-0.1, -0.05) is 24.3 Å². The number of hydrogen-bond donors (Lipinski definition) is 2. The van der Waals surface area contributed by atoms with Crippen molar-refractivity contribution in [1.82, 2.24) is 19.9 Å². The van der Waals surface area contributed by atoms with Gasteiger partial charge in [-0.25, -0.2) is 9.97 Å². The normalized spacial score (nSPS) is 12.3. The van der Waals surface area contributed by atoms with Gasteiger partial charge in [0.15, 0.2) is 0 Å². The fourth-order valence-corrected chi connectivity index (χ4v) is 3.06. The Bertz CT molecular complexity index is 938. The van der Waals surface area contributed by atoms with Crippen molar-refractivity contribution in [2.75, 3.05) is 0 Å². The van der Waals surface area contributed by atoms with E-state index in [9.17, 15) is 0 Å². The number of nitrogens with zero attached hydrogens (tertiary/aromatic N) is 2. The molecule has 0 aliphatic rings. The fourth-order valence-electron chi connectivity index (χ4n) is 3.06. The van der Waals surface area contributed by atoms with E-state index in [4.69, 9.17) is 9.97 Å². The van der Waals surface area contributed by atoms with Crippen LogP contribution >= 0.6 is 0 Å². The zero-order valence-corrected chi connectivity index (χ0v) is 13.9. The molecule has 0 amide bonds. The van der Waals surface area contributed by atoms with Gasteiger partial charge in [-0.15, -0.1) is 0 Å². The molecule has 0 atom stereocenters. The van der Waals surface area contributed by atoms with Gasteiger partial charge in [0.25, 0.3) is 0 Å². The van der Waals surface area contributed by atoms with Gasteiger partial charge in [0.2, 0.25) is 0 Å². The molecule has 2 heterocycles. The Hall–Kier alpha value is -2.62. The Balaban J connectivity index is 1.89. The monoisotopic (exact) mass is 304 g/mol. The summed E-state index contributed by atoms with van der Waals surface area (Å²) in [4.78, 5) is 16.6. The average Bonchev–Trinajstić information content (AvgIpc) is 3.13. The molecule has 0 unspecified atom stereocenters. The summed E-state index contributed by atoms with van der Waals surface area (Å²) in [6.07, 6.45) is 0. The van der Waals surface area contributed by atoms with Crippen molar-refractivity contribution in [2.24, 2.45) is 0 Å². The number of para-hydroxylation sites is 2. The molecular formula is C19H20N4. The highest BCUT2D eigenvalue weighted by Crippen LogP contribution is 2.31. The molecule has 4 heteroatoms. The van der Waals surface area contributed by atoms with Gasteiger partial charge in [0.05, 0.1) is 27.5 Å². The molecule has 116 valence electrons. The molecular weight excluding hydrogens is 284 g/mol. The van der Waals surface area contributed by atoms with Crippen LogP contribution in [0.3, 0.4) is 0 Å². The lowest BCUT2D eigenvalue weighted by molar-refractivity contribution is 0.567. The van der Waals surface area contributed by atoms with E-state index in [1.165, 1.54) is 11.1 Å². The van der Waals surface area contributed by atoms with Crippen molar-refractivity contribution in [3.63, 3.8) is 0 Å². The minimum Gasteiger partial charge on any atom is -0.341 e. The van der Waals surface area contributed by atoms with Crippen LogP contribution in [0, 0.1) is 13.8 Å². The number of benzene rings is 2. The number of fused-ring (bicyclic) bond motifs is 2. The molecule has 23 heavy (non-hydrogen) atoms. The van der Waals surface area contributed by atoms with Gasteiger partial charge in [-0.2, -0.15) is 0 Å². The number of imidazole rings is 2. The van der Waals surface area contributed by atoms with E-state index in [0.29, 0.717) is 0 Å². The number of hydrogen-bond acceptors (Lipinski definition) is 2. The van der Waals surface area contributed by atoms with Crippen LogP contribution in [0.15, 0.2) is 36.4 Å². The molecule has 0 aliphatic carbocycles. The Morgan fingerprint density at radius 3 is 1.57 bits per heavy atom. The number of aromatic amines is 2. The standard InChI is InChI=1S/C19H20N4/c1-11-7-5-9-13-15(11)22-17(20-13)19(3,4)18-21-14-10-6-8-12(2)16(14)23-18/h5-10H,1-4H3,(H,20,22)(H,21,23). The summed E-state index contributed by atoms with van der Waals surface area (Å²) in [6.45, 7) is 8.47. The van der Waals surface area contributed by atoms with Crippen LogP contribution in [0.2, 0.25) is 0 Å². The highest BCUT2D eigenvalue weighted by atomic mass is 15.0. The lowest BCUT2D eigenvalue weighted by Gasteiger charge is -2.19. The number of rotatable bonds is 2. The van der Waals surface area contributed by atoms with Crippen LogP contribution < -0.4 is 0 Å². The molecule has 2 aromatic carbocycles. The summed E-state index contributed by atoms with van der Waals surface area (Å²) in [5, 5.41) is 0. The second-order valence-electron chi connectivity index (χ2n) is 6.74. The van der Waals surface area contributed by atoms with E-state index in [1.54, 1.807) is 0 Å². The number of nitrogens with one attached hydrogen (secondary N) is 2. The third-order valence-electron chi connectivity index (χ3n) is 4.61. The third-order valence-corrected chi connectivity index (χ3v) is 4.61. The predicted octanol–water partition coefficient (Wildman–Crippen LogP) is 4.38. The van der Waals surface area contributed by atoms with Crippen molar-refractivity contribution in [3.05, 3.63) is 59.2 Å². The number of H-pyrrole nitrogens is 2. The Labute approximate surface area is 135 Å². The van der Waals surface area contributed by atoms with Crippen LogP contribution in [-0.4, -0.2) is 19.9 Å². The van der Waals surface area contributed by atoms with E-state index in [2.05, 4.69) is 74.1 Å². The van der Waals surface area contributed by atoms with Gasteiger partial charge in [-0.05, 0) is 51.0 Å². The van der Waals surface area contributed by atoms with Crippen LogP contribution in [-0.2, 0) is 5.41 Å². The summed E-state index contributed by atoms with van der Waals surface area (Å²) in [6, 6.07) is 12.4. The first kappa shape index (κ1) is 14.0. The molecule has 0 spiro atoms. The zero-order chi connectivity index (χ0) is 16.2. The van der Waals surface area contributed by atoms with Crippen LogP contribution in [0.4, 0.5) is 0 Å². The second-order valence-corrected chi connectivity index (χ2v) is 6.74. The molecule has 0 radical (unpaired) electrons. The molecule has 0 fully saturated rings. The van der Waals surface area contributed by atoms with Crippen molar-refractivity contribution in [2.45, 2.75) is 33.1 Å². The molecule has 4 rings (SSSR count). The molecule has 0 saturated heterocycles. The van der Waals surface area contributed by atoms with Crippen LogP contribution in [0.1, 0.15) is 36.6 Å². The lowest BCUT2D eigenvalue weighted by atomic mass is 9.92. The van der Waals surface area contributed by atoms with Gasteiger partial charge < -0.3 is 9.97 Å². The largest absolute Gasteiger partial charge is 0.341 e. The van der Waals surface area contributed by atoms with Crippen LogP contribution in [0.5, 0.6) is 0 Å². The van der Waals surface area contributed by atoms with E-state index in [1.807, 2.05) is 0 Å². The van der Waals surface area contributed by atoms with Gasteiger partial charge in [0, 0.05) is 0 Å². The summed E-state index contributed by atoms with van der Waals surface area (Å²) < 4.78 is 0. The predicted molar refractivity (Wildman–Crippen MR) is 93.8 cm³/mol. The SMILES string of the molecule is Cc1cccc2[nH]c(C(C)(C)c3nc4c(C)cccc4[nH]3)nc12. The molecule has 0 saturated carbocycles. The van der Waals surface area contributed by atoms with Gasteiger partial charge in [0.1, 0.15) is 11.6 Å². The minimum absolute atomic E-state index is 0.322. The van der Waals surface area contributed by atoms with Gasteiger partial charge >= 0.3 is 0 Å². The molecule has 2 N–H and O–H groups in total. The van der Waals surface area contributed by atoms with E-state index in [0.717, 1.165) is 33.7 Å². The first-order chi connectivity index (χ1) is 11.0. The smallest absolute Gasteiger partial charge is 0.120 e. The van der Waals surface area contributed by atoms with Crippen molar-refractivity contribution < 1.29 is 0 Å². The summed E-state index contributed by atoms with van der Waals surface area (Å²) >= 11 is 0. The minimum atomic E-state index is -0.322. The summed E-state index contributed by atoms with van der Waals surface area (Å²) in [5.74, 6) is 1.86. The Morgan fingerprint density at radius 2 is 1.17 bits per heavy atom. The maximum atomic E-state index is 4.84. The second kappa shape index (κ2) is 4.69. The first-order valence-electron chi connectivity index (χ1n) is 7.88. The summed E-state index contributed by atoms with van der Waals surface area (Å²) in [7, 11) is 0. The zero-order valence-electron chi connectivity index (χ0n) is 13.9. The highest BCUT2D eigenvalue weighted by Gasteiger charge is 2.30. The van der Waals surface area contributed by atoms with Crippen molar-refractivity contribution in [3.8, 4) is 0 Å².